The summed E-state index contributed by atoms with van der Waals surface area (Å²) in [5.41, 5.74) is 22.1. The number of unbranched alkanes of at least 4 members (excludes halogenated alkanes) is 1. The zero-order valence-electron chi connectivity index (χ0n) is 31.2. The Hall–Kier alpha value is -6.65. The smallest absolute Gasteiger partial charge is 0.332 e. The van der Waals surface area contributed by atoms with Crippen LogP contribution in [0.2, 0.25) is 0 Å². The van der Waals surface area contributed by atoms with Crippen molar-refractivity contribution < 1.29 is 0 Å². The van der Waals surface area contributed by atoms with Gasteiger partial charge in [0.25, 0.3) is 0 Å². The van der Waals surface area contributed by atoms with Crippen molar-refractivity contribution in [2.45, 2.75) is 26.2 Å². The van der Waals surface area contributed by atoms with Gasteiger partial charge in [0.2, 0.25) is 0 Å². The summed E-state index contributed by atoms with van der Waals surface area (Å²) >= 11 is 0. The normalized spacial score (nSPS) is 13.9. The lowest BCUT2D eigenvalue weighted by Gasteiger charge is -2.46. The summed E-state index contributed by atoms with van der Waals surface area (Å²) in [6.07, 6.45) is 8.11. The maximum Gasteiger partial charge on any atom is 0.332 e. The van der Waals surface area contributed by atoms with E-state index in [1.54, 1.807) is 0 Å². The minimum Gasteiger partial charge on any atom is -0.382 e. The molecule has 4 aliphatic heterocycles. The lowest BCUT2D eigenvalue weighted by Crippen LogP contribution is -2.61. The highest BCUT2D eigenvalue weighted by Crippen LogP contribution is 2.51. The average molecular weight is 714 g/mol. The quantitative estimate of drug-likeness (QED) is 0.165. The molecule has 56 heavy (non-hydrogen) atoms. The SMILES string of the molecule is CCCCc1ccc2c(c1)N(c1ccccc1)c1cc3c(c4c1B2n1ccc2cccc-4c21)N(c1ccccc1)c1cccc2c1B3n1ccc3cccc-2c31. The van der Waals surface area contributed by atoms with Crippen molar-refractivity contribution in [3.05, 3.63) is 170 Å². The Balaban J connectivity index is 1.23. The van der Waals surface area contributed by atoms with Crippen LogP contribution in [-0.2, 0) is 6.42 Å². The molecule has 2 aromatic heterocycles. The van der Waals surface area contributed by atoms with E-state index in [1.807, 2.05) is 0 Å². The third kappa shape index (κ3) is 3.86. The lowest BCUT2D eigenvalue weighted by atomic mass is 9.41. The molecule has 0 N–H and O–H groups in total. The fraction of sp³-hybridized carbons (Fsp3) is 0.0800. The maximum atomic E-state index is 2.60. The van der Waals surface area contributed by atoms with Crippen molar-refractivity contribution in [3.8, 4) is 22.3 Å². The Morgan fingerprint density at radius 3 is 1.86 bits per heavy atom. The van der Waals surface area contributed by atoms with Crippen molar-refractivity contribution in [2.75, 3.05) is 9.80 Å². The van der Waals surface area contributed by atoms with Gasteiger partial charge in [-0.15, -0.1) is 0 Å². The number of rotatable bonds is 5. The van der Waals surface area contributed by atoms with E-state index in [4.69, 9.17) is 0 Å². The first-order valence-electron chi connectivity index (χ1n) is 20.1. The number of hydrogen-bond donors (Lipinski definition) is 0. The summed E-state index contributed by atoms with van der Waals surface area (Å²) in [6, 6.07) is 57.4. The maximum absolute atomic E-state index is 2.60. The topological polar surface area (TPSA) is 16.3 Å². The zero-order valence-corrected chi connectivity index (χ0v) is 31.2. The molecule has 0 radical (unpaired) electrons. The number of benzene rings is 7. The highest BCUT2D eigenvalue weighted by molar-refractivity contribution is 6.92. The molecule has 0 saturated carbocycles. The third-order valence-electron chi connectivity index (χ3n) is 13.1. The molecular weight excluding hydrogens is 678 g/mol. The molecule has 0 bridgehead atoms. The summed E-state index contributed by atoms with van der Waals surface area (Å²) in [5, 5.41) is 2.56. The summed E-state index contributed by atoms with van der Waals surface area (Å²) in [5.74, 6) is 0. The fourth-order valence-electron chi connectivity index (χ4n) is 10.8. The molecule has 7 aromatic carbocycles. The van der Waals surface area contributed by atoms with Crippen LogP contribution in [0.15, 0.2) is 164 Å². The second-order valence-corrected chi connectivity index (χ2v) is 15.9. The fourth-order valence-corrected chi connectivity index (χ4v) is 10.8. The Morgan fingerprint density at radius 2 is 1.12 bits per heavy atom. The molecule has 4 aliphatic rings. The Bertz CT molecular complexity index is 3110. The second-order valence-electron chi connectivity index (χ2n) is 15.9. The Morgan fingerprint density at radius 1 is 0.482 bits per heavy atom. The number of nitrogens with zero attached hydrogens (tertiary/aromatic N) is 4. The molecule has 0 spiro atoms. The molecule has 9 aromatic rings. The Kier molecular flexibility index (Phi) is 6.13. The zero-order chi connectivity index (χ0) is 36.6. The number of aromatic nitrogens is 2. The van der Waals surface area contributed by atoms with Crippen LogP contribution >= 0.6 is 0 Å². The van der Waals surface area contributed by atoms with Gasteiger partial charge in [-0.3, -0.25) is 0 Å². The van der Waals surface area contributed by atoms with E-state index < -0.39 is 0 Å². The van der Waals surface area contributed by atoms with Crippen LogP contribution in [0.5, 0.6) is 0 Å². The van der Waals surface area contributed by atoms with Crippen LogP contribution < -0.4 is 31.7 Å². The van der Waals surface area contributed by atoms with Crippen LogP contribution in [-0.4, -0.2) is 22.7 Å². The number of fused-ring (bicyclic) bond motifs is 9. The Labute approximate surface area is 327 Å². The van der Waals surface area contributed by atoms with E-state index in [-0.39, 0.29) is 13.7 Å². The van der Waals surface area contributed by atoms with Gasteiger partial charge in [-0.1, -0.05) is 110 Å². The van der Waals surface area contributed by atoms with Gasteiger partial charge in [0.15, 0.2) is 0 Å². The monoisotopic (exact) mass is 714 g/mol. The van der Waals surface area contributed by atoms with Crippen LogP contribution in [0.4, 0.5) is 34.1 Å². The van der Waals surface area contributed by atoms with Gasteiger partial charge >= 0.3 is 13.7 Å². The third-order valence-corrected chi connectivity index (χ3v) is 13.1. The molecule has 0 unspecified atom stereocenters. The highest BCUT2D eigenvalue weighted by atomic mass is 15.2. The van der Waals surface area contributed by atoms with Gasteiger partial charge in [-0.25, -0.2) is 0 Å². The first-order chi connectivity index (χ1) is 27.8. The van der Waals surface area contributed by atoms with Crippen LogP contribution in [0.25, 0.3) is 44.1 Å². The molecule has 4 nitrogen and oxygen atoms in total. The molecule has 0 aliphatic carbocycles. The van der Waals surface area contributed by atoms with Crippen LogP contribution in [0, 0.1) is 0 Å². The van der Waals surface area contributed by atoms with Crippen molar-refractivity contribution in [1.29, 1.82) is 0 Å². The van der Waals surface area contributed by atoms with E-state index in [9.17, 15) is 0 Å². The highest BCUT2D eigenvalue weighted by Gasteiger charge is 2.48. The van der Waals surface area contributed by atoms with E-state index in [0.717, 1.165) is 6.42 Å². The number of aryl methyl sites for hydroxylation is 1. The van der Waals surface area contributed by atoms with Crippen molar-refractivity contribution >= 4 is 91.5 Å². The standard InChI is InChI=1S/C50H36B2N4/c1-2-3-13-32-24-25-40-43(30-32)55(35-16-6-4-7-17-35)44-31-41-50(45-39-22-11-15-34-27-29-54(49(34)39)51(40)47(44)45)56(36-18-8-5-9-19-36)42-23-12-20-37-38-21-10-14-33-26-28-53(48(33)38)52(41)46(37)42/h4-12,14-31H,2-3,13H2,1H3. The molecular formula is C50H36B2N4. The van der Waals surface area contributed by atoms with Gasteiger partial charge in [-0.2, -0.15) is 0 Å². The van der Waals surface area contributed by atoms with Crippen molar-refractivity contribution in [1.82, 2.24) is 8.96 Å². The minimum absolute atomic E-state index is 0.00798. The number of para-hydroxylation sites is 4. The summed E-state index contributed by atoms with van der Waals surface area (Å²) < 4.78 is 5.15. The summed E-state index contributed by atoms with van der Waals surface area (Å²) in [6.45, 7) is 2.30. The molecule has 6 heterocycles. The van der Waals surface area contributed by atoms with Gasteiger partial charge in [0, 0.05) is 56.2 Å². The van der Waals surface area contributed by atoms with E-state index >= 15 is 0 Å². The average Bonchev–Trinajstić information content (AvgIpc) is 3.89. The lowest BCUT2D eigenvalue weighted by molar-refractivity contribution is 0.795. The molecule has 13 rings (SSSR count). The number of anilines is 6. The molecule has 0 atom stereocenters. The van der Waals surface area contributed by atoms with Gasteiger partial charge in [0.1, 0.15) is 0 Å². The molecule has 0 fully saturated rings. The molecule has 6 heteroatoms. The summed E-state index contributed by atoms with van der Waals surface area (Å²) in [7, 11) is 0. The van der Waals surface area contributed by atoms with Gasteiger partial charge in [-0.05, 0) is 124 Å². The van der Waals surface area contributed by atoms with Gasteiger partial charge in [0.05, 0.1) is 5.69 Å². The first kappa shape index (κ1) is 30.7. The van der Waals surface area contributed by atoms with Gasteiger partial charge < -0.3 is 18.8 Å². The molecule has 262 valence electrons. The first-order valence-corrected chi connectivity index (χ1v) is 20.1. The van der Waals surface area contributed by atoms with E-state index in [2.05, 4.69) is 190 Å². The minimum atomic E-state index is -0.00798. The summed E-state index contributed by atoms with van der Waals surface area (Å²) in [4.78, 5) is 5.19. The second kappa shape index (κ2) is 11.2. The van der Waals surface area contributed by atoms with Crippen LogP contribution in [0.3, 0.4) is 0 Å². The predicted octanol–water partition coefficient (Wildman–Crippen LogP) is 9.77. The predicted molar refractivity (Wildman–Crippen MR) is 237 cm³/mol. The van der Waals surface area contributed by atoms with Crippen molar-refractivity contribution in [2.24, 2.45) is 0 Å². The number of hydrogen-bond acceptors (Lipinski definition) is 2. The van der Waals surface area contributed by atoms with E-state index in [1.165, 1.54) is 118 Å². The molecule has 0 amide bonds. The molecule has 0 saturated heterocycles. The van der Waals surface area contributed by atoms with Crippen LogP contribution in [0.1, 0.15) is 25.3 Å². The largest absolute Gasteiger partial charge is 0.382 e. The van der Waals surface area contributed by atoms with Crippen molar-refractivity contribution in [3.63, 3.8) is 0 Å². The van der Waals surface area contributed by atoms with E-state index in [0.29, 0.717) is 0 Å².